The monoisotopic (exact) mass is 262 g/mol. The molecule has 3 rings (SSSR count). The van der Waals surface area contributed by atoms with Crippen LogP contribution in [0.1, 0.15) is 51.2 Å². The number of ether oxygens (including phenoxy) is 1. The molecule has 19 heavy (non-hydrogen) atoms. The average Bonchev–Trinajstić information content (AvgIpc) is 2.38. The van der Waals surface area contributed by atoms with E-state index in [-0.39, 0.29) is 18.1 Å². The summed E-state index contributed by atoms with van der Waals surface area (Å²) >= 11 is 0. The predicted octanol–water partition coefficient (Wildman–Crippen LogP) is 4.68. The second kappa shape index (κ2) is 4.90. The second-order valence-corrected chi connectivity index (χ2v) is 6.58. The van der Waals surface area contributed by atoms with Crippen LogP contribution in [0.15, 0.2) is 30.3 Å². The Morgan fingerprint density at radius 3 is 2.68 bits per heavy atom. The van der Waals surface area contributed by atoms with Gasteiger partial charge in [-0.05, 0) is 31.2 Å². The van der Waals surface area contributed by atoms with Crippen LogP contribution in [0.4, 0.5) is 4.39 Å². The van der Waals surface area contributed by atoms with Crippen molar-refractivity contribution < 1.29 is 9.13 Å². The molecule has 2 aliphatic rings. The fourth-order valence-corrected chi connectivity index (χ4v) is 3.80. The van der Waals surface area contributed by atoms with Gasteiger partial charge < -0.3 is 4.74 Å². The molecule has 0 amide bonds. The van der Waals surface area contributed by atoms with Crippen molar-refractivity contribution in [1.29, 1.82) is 0 Å². The van der Waals surface area contributed by atoms with Gasteiger partial charge in [0.25, 0.3) is 0 Å². The number of alkyl halides is 1. The Morgan fingerprint density at radius 2 is 1.95 bits per heavy atom. The Balaban J connectivity index is 1.83. The molecule has 0 N–H and O–H groups in total. The molecule has 5 atom stereocenters. The molecule has 2 heteroatoms. The molecule has 1 heterocycles. The molecule has 1 aromatic rings. The van der Waals surface area contributed by atoms with Crippen LogP contribution in [0.2, 0.25) is 0 Å². The minimum atomic E-state index is -1.09. The van der Waals surface area contributed by atoms with Crippen LogP contribution in [-0.2, 0) is 4.74 Å². The Hall–Kier alpha value is -0.890. The summed E-state index contributed by atoms with van der Waals surface area (Å²) in [5.41, 5.74) is 0.0203. The van der Waals surface area contributed by atoms with E-state index in [0.717, 1.165) is 24.8 Å². The standard InChI is InChI=1S/C17H23FO/c1-12-8-9-14-15(10-12)19-16(11-17(14,2)18)13-6-4-3-5-7-13/h3-7,12,14-16H,8-11H2,1-2H3/t12-,14-,15-,16-,17?/m1/s1. The maximum atomic E-state index is 15.0. The van der Waals surface area contributed by atoms with E-state index in [2.05, 4.69) is 6.92 Å². The lowest BCUT2D eigenvalue weighted by molar-refractivity contribution is -0.171. The summed E-state index contributed by atoms with van der Waals surface area (Å²) in [4.78, 5) is 0. The topological polar surface area (TPSA) is 9.23 Å². The Kier molecular flexibility index (Phi) is 3.38. The van der Waals surface area contributed by atoms with Gasteiger partial charge in [-0.2, -0.15) is 0 Å². The van der Waals surface area contributed by atoms with Crippen molar-refractivity contribution in [2.45, 2.75) is 57.4 Å². The molecule has 104 valence electrons. The smallest absolute Gasteiger partial charge is 0.116 e. The average molecular weight is 262 g/mol. The van der Waals surface area contributed by atoms with Crippen molar-refractivity contribution in [1.82, 2.24) is 0 Å². The van der Waals surface area contributed by atoms with Gasteiger partial charge in [-0.15, -0.1) is 0 Å². The van der Waals surface area contributed by atoms with Gasteiger partial charge in [0.2, 0.25) is 0 Å². The highest BCUT2D eigenvalue weighted by molar-refractivity contribution is 5.19. The van der Waals surface area contributed by atoms with Gasteiger partial charge in [0.05, 0.1) is 12.2 Å². The minimum absolute atomic E-state index is 0.0808. The fraction of sp³-hybridized carbons (Fsp3) is 0.647. The summed E-state index contributed by atoms with van der Waals surface area (Å²) in [5.74, 6) is 0.746. The van der Waals surface area contributed by atoms with E-state index in [1.807, 2.05) is 30.3 Å². The molecule has 0 spiro atoms. The summed E-state index contributed by atoms with van der Waals surface area (Å²) in [5, 5.41) is 0. The molecule has 0 radical (unpaired) electrons. The molecule has 0 bridgehead atoms. The van der Waals surface area contributed by atoms with E-state index in [0.29, 0.717) is 12.3 Å². The van der Waals surface area contributed by atoms with Crippen LogP contribution in [0.3, 0.4) is 0 Å². The third kappa shape index (κ3) is 2.55. The Labute approximate surface area is 115 Å². The summed E-state index contributed by atoms with van der Waals surface area (Å²) in [7, 11) is 0. The first kappa shape index (κ1) is 13.1. The van der Waals surface area contributed by atoms with Crippen LogP contribution in [-0.4, -0.2) is 11.8 Å². The number of rotatable bonds is 1. The molecular weight excluding hydrogens is 239 g/mol. The van der Waals surface area contributed by atoms with Crippen LogP contribution in [0, 0.1) is 11.8 Å². The van der Waals surface area contributed by atoms with E-state index in [9.17, 15) is 4.39 Å². The van der Waals surface area contributed by atoms with E-state index < -0.39 is 5.67 Å². The van der Waals surface area contributed by atoms with Crippen molar-refractivity contribution in [3.63, 3.8) is 0 Å². The highest BCUT2D eigenvalue weighted by Gasteiger charge is 2.49. The predicted molar refractivity (Wildman–Crippen MR) is 74.7 cm³/mol. The molecule has 2 fully saturated rings. The van der Waals surface area contributed by atoms with Crippen molar-refractivity contribution >= 4 is 0 Å². The summed E-state index contributed by atoms with van der Waals surface area (Å²) in [6.07, 6.45) is 3.63. The highest BCUT2D eigenvalue weighted by Crippen LogP contribution is 2.49. The third-order valence-corrected chi connectivity index (χ3v) is 4.92. The van der Waals surface area contributed by atoms with Gasteiger partial charge in [-0.3, -0.25) is 0 Å². The summed E-state index contributed by atoms with van der Waals surface area (Å²) in [6, 6.07) is 10.1. The van der Waals surface area contributed by atoms with Crippen LogP contribution in [0.5, 0.6) is 0 Å². The first-order chi connectivity index (χ1) is 9.06. The Bertz CT molecular complexity index is 428. The van der Waals surface area contributed by atoms with Crippen LogP contribution >= 0.6 is 0 Å². The molecule has 1 aliphatic heterocycles. The van der Waals surface area contributed by atoms with Crippen molar-refractivity contribution in [3.05, 3.63) is 35.9 Å². The minimum Gasteiger partial charge on any atom is -0.370 e. The lowest BCUT2D eigenvalue weighted by atomic mass is 9.69. The van der Waals surface area contributed by atoms with Crippen LogP contribution in [0.25, 0.3) is 0 Å². The zero-order valence-electron chi connectivity index (χ0n) is 11.8. The van der Waals surface area contributed by atoms with Crippen LogP contribution < -0.4 is 0 Å². The van der Waals surface area contributed by atoms with Gasteiger partial charge in [0.1, 0.15) is 5.67 Å². The number of benzene rings is 1. The molecule has 1 unspecified atom stereocenters. The summed E-state index contributed by atoms with van der Waals surface area (Å²) < 4.78 is 21.2. The maximum Gasteiger partial charge on any atom is 0.116 e. The van der Waals surface area contributed by atoms with E-state index in [1.165, 1.54) is 0 Å². The van der Waals surface area contributed by atoms with Gasteiger partial charge in [0.15, 0.2) is 0 Å². The zero-order chi connectivity index (χ0) is 13.5. The third-order valence-electron chi connectivity index (χ3n) is 4.92. The number of hydrogen-bond acceptors (Lipinski definition) is 1. The highest BCUT2D eigenvalue weighted by atomic mass is 19.1. The molecule has 1 nitrogen and oxygen atoms in total. The second-order valence-electron chi connectivity index (χ2n) is 6.58. The quantitative estimate of drug-likeness (QED) is 0.714. The van der Waals surface area contributed by atoms with E-state index in [1.54, 1.807) is 6.92 Å². The van der Waals surface area contributed by atoms with Crippen molar-refractivity contribution in [3.8, 4) is 0 Å². The largest absolute Gasteiger partial charge is 0.370 e. The van der Waals surface area contributed by atoms with E-state index in [4.69, 9.17) is 4.74 Å². The molecule has 1 saturated heterocycles. The number of hydrogen-bond donors (Lipinski definition) is 0. The lowest BCUT2D eigenvalue weighted by Crippen LogP contribution is -2.49. The molecule has 0 aromatic heterocycles. The van der Waals surface area contributed by atoms with E-state index >= 15 is 0 Å². The first-order valence-electron chi connectivity index (χ1n) is 7.45. The first-order valence-corrected chi connectivity index (χ1v) is 7.45. The normalized spacial score (nSPS) is 42.7. The molecule has 1 aromatic carbocycles. The van der Waals surface area contributed by atoms with Gasteiger partial charge in [-0.25, -0.2) is 4.39 Å². The van der Waals surface area contributed by atoms with Crippen molar-refractivity contribution in [2.24, 2.45) is 11.8 Å². The van der Waals surface area contributed by atoms with Gasteiger partial charge >= 0.3 is 0 Å². The molecular formula is C17H23FO. The zero-order valence-corrected chi connectivity index (χ0v) is 11.8. The Morgan fingerprint density at radius 1 is 1.21 bits per heavy atom. The maximum absolute atomic E-state index is 15.0. The SMILES string of the molecule is C[C@@H]1CC[C@@H]2[C@@H](C1)O[C@@H](c1ccccc1)CC2(C)F. The fourth-order valence-electron chi connectivity index (χ4n) is 3.80. The van der Waals surface area contributed by atoms with Gasteiger partial charge in [-0.1, -0.05) is 43.7 Å². The lowest BCUT2D eigenvalue weighted by Gasteiger charge is -2.48. The number of fused-ring (bicyclic) bond motifs is 1. The number of halogens is 1. The molecule has 1 saturated carbocycles. The molecule has 1 aliphatic carbocycles. The van der Waals surface area contributed by atoms with Gasteiger partial charge in [0, 0.05) is 12.3 Å². The summed E-state index contributed by atoms with van der Waals surface area (Å²) in [6.45, 7) is 4.03. The van der Waals surface area contributed by atoms with Crippen molar-refractivity contribution in [2.75, 3.05) is 0 Å².